The fraction of sp³-hybridized carbons (Fsp3) is 0.600. The summed E-state index contributed by atoms with van der Waals surface area (Å²) in [6.45, 7) is 6.63. The number of piperazine rings is 1. The molecule has 2 heterocycles. The Bertz CT molecular complexity index is 709. The molecule has 1 aromatic rings. The van der Waals surface area contributed by atoms with Crippen molar-refractivity contribution in [2.75, 3.05) is 51.1 Å². The van der Waals surface area contributed by atoms with Crippen LogP contribution in [0, 0.1) is 0 Å². The van der Waals surface area contributed by atoms with Crippen molar-refractivity contribution in [3.05, 3.63) is 29.8 Å². The number of carbonyl (C=O) groups is 2. The van der Waals surface area contributed by atoms with E-state index in [1.54, 1.807) is 6.92 Å². The van der Waals surface area contributed by atoms with Gasteiger partial charge in [0.2, 0.25) is 11.8 Å². The van der Waals surface area contributed by atoms with E-state index < -0.39 is 17.8 Å². The first kappa shape index (κ1) is 21.6. The van der Waals surface area contributed by atoms with E-state index in [9.17, 15) is 22.8 Å². The molecule has 0 bridgehead atoms. The summed E-state index contributed by atoms with van der Waals surface area (Å²) in [6, 6.07) is 4.02. The molecule has 2 aliphatic heterocycles. The van der Waals surface area contributed by atoms with Crippen molar-refractivity contribution < 1.29 is 22.8 Å². The maximum absolute atomic E-state index is 12.6. The molecule has 0 aromatic heterocycles. The highest BCUT2D eigenvalue weighted by Crippen LogP contribution is 2.29. The van der Waals surface area contributed by atoms with Crippen LogP contribution in [0.15, 0.2) is 24.3 Å². The van der Waals surface area contributed by atoms with Crippen LogP contribution in [-0.2, 0) is 15.8 Å². The van der Waals surface area contributed by atoms with Crippen LogP contribution in [0.4, 0.5) is 18.9 Å². The number of amides is 2. The Morgan fingerprint density at radius 3 is 2.14 bits per heavy atom. The lowest BCUT2D eigenvalue weighted by molar-refractivity contribution is -0.137. The van der Waals surface area contributed by atoms with Crippen molar-refractivity contribution in [3.63, 3.8) is 0 Å². The Morgan fingerprint density at radius 1 is 1.00 bits per heavy atom. The van der Waals surface area contributed by atoms with Gasteiger partial charge >= 0.3 is 6.18 Å². The minimum absolute atomic E-state index is 0.170. The largest absolute Gasteiger partial charge is 0.416 e. The maximum atomic E-state index is 12.6. The van der Waals surface area contributed by atoms with E-state index in [0.29, 0.717) is 38.4 Å². The van der Waals surface area contributed by atoms with Gasteiger partial charge in [-0.1, -0.05) is 0 Å². The standard InChI is InChI=1S/C20H27F3N4O2/c1-15(19(29)24-17-6-4-16(5-7-17)20(21,22)23)26-12-10-25(11-13-26)14-18(28)27-8-2-3-9-27/h4-7,15H,2-3,8-14H2,1H3,(H,24,29)/t15-/m1/s1. The van der Waals surface area contributed by atoms with Crippen molar-refractivity contribution >= 4 is 17.5 Å². The van der Waals surface area contributed by atoms with Crippen molar-refractivity contribution in [1.29, 1.82) is 0 Å². The first-order valence-electron chi connectivity index (χ1n) is 9.96. The molecule has 2 saturated heterocycles. The predicted molar refractivity (Wildman–Crippen MR) is 103 cm³/mol. The second kappa shape index (κ2) is 9.13. The molecule has 0 aliphatic carbocycles. The molecule has 0 saturated carbocycles. The van der Waals surface area contributed by atoms with Gasteiger partial charge in [-0.05, 0) is 44.0 Å². The van der Waals surface area contributed by atoms with Crippen LogP contribution < -0.4 is 5.32 Å². The Labute approximate surface area is 168 Å². The Morgan fingerprint density at radius 2 is 1.59 bits per heavy atom. The van der Waals surface area contributed by atoms with Crippen molar-refractivity contribution in [2.45, 2.75) is 32.0 Å². The zero-order chi connectivity index (χ0) is 21.0. The molecular formula is C20H27F3N4O2. The number of anilines is 1. The van der Waals surface area contributed by atoms with Crippen LogP contribution in [0.2, 0.25) is 0 Å². The summed E-state index contributed by atoms with van der Waals surface area (Å²) in [5.74, 6) is -0.0876. The van der Waals surface area contributed by atoms with Gasteiger partial charge in [-0.3, -0.25) is 19.4 Å². The van der Waals surface area contributed by atoms with Gasteiger partial charge in [-0.15, -0.1) is 0 Å². The molecule has 1 N–H and O–H groups in total. The number of carbonyl (C=O) groups excluding carboxylic acids is 2. The quantitative estimate of drug-likeness (QED) is 0.806. The minimum atomic E-state index is -4.40. The van der Waals surface area contributed by atoms with Crippen LogP contribution in [0.3, 0.4) is 0 Å². The molecule has 0 spiro atoms. The molecular weight excluding hydrogens is 385 g/mol. The summed E-state index contributed by atoms with van der Waals surface area (Å²) in [4.78, 5) is 30.8. The van der Waals surface area contributed by atoms with Crippen LogP contribution >= 0.6 is 0 Å². The van der Waals surface area contributed by atoms with Crippen LogP contribution in [-0.4, -0.2) is 78.4 Å². The number of likely N-dealkylation sites (tertiary alicyclic amines) is 1. The lowest BCUT2D eigenvalue weighted by Gasteiger charge is -2.37. The number of nitrogens with zero attached hydrogens (tertiary/aromatic N) is 3. The number of nitrogens with one attached hydrogen (secondary N) is 1. The van der Waals surface area contributed by atoms with Gasteiger partial charge in [0.1, 0.15) is 0 Å². The number of hydrogen-bond donors (Lipinski definition) is 1. The van der Waals surface area contributed by atoms with Crippen LogP contribution in [0.25, 0.3) is 0 Å². The summed E-state index contributed by atoms with van der Waals surface area (Å²) in [6.07, 6.45) is -2.25. The van der Waals surface area contributed by atoms with Gasteiger partial charge in [-0.25, -0.2) is 0 Å². The molecule has 1 aromatic carbocycles. The highest BCUT2D eigenvalue weighted by Gasteiger charge is 2.31. The Hall–Kier alpha value is -2.13. The third-order valence-electron chi connectivity index (χ3n) is 5.63. The lowest BCUT2D eigenvalue weighted by atomic mass is 10.1. The maximum Gasteiger partial charge on any atom is 0.416 e. The second-order valence-corrected chi connectivity index (χ2v) is 7.64. The van der Waals surface area contributed by atoms with E-state index in [0.717, 1.165) is 38.1 Å². The van der Waals surface area contributed by atoms with E-state index in [1.807, 2.05) is 9.80 Å². The molecule has 160 valence electrons. The normalized spacial score (nSPS) is 19.9. The highest BCUT2D eigenvalue weighted by molar-refractivity contribution is 5.94. The van der Waals surface area contributed by atoms with Crippen molar-refractivity contribution in [1.82, 2.24) is 14.7 Å². The summed E-state index contributed by atoms with van der Waals surface area (Å²) in [5.41, 5.74) is -0.409. The number of alkyl halides is 3. The smallest absolute Gasteiger partial charge is 0.342 e. The monoisotopic (exact) mass is 412 g/mol. The van der Waals surface area contributed by atoms with Gasteiger partial charge < -0.3 is 10.2 Å². The van der Waals surface area contributed by atoms with E-state index in [2.05, 4.69) is 10.2 Å². The molecule has 2 fully saturated rings. The van der Waals surface area contributed by atoms with Gasteiger partial charge in [0.15, 0.2) is 0 Å². The first-order chi connectivity index (χ1) is 13.7. The first-order valence-corrected chi connectivity index (χ1v) is 9.96. The molecule has 6 nitrogen and oxygen atoms in total. The average Bonchev–Trinajstić information content (AvgIpc) is 3.23. The number of hydrogen-bond acceptors (Lipinski definition) is 4. The minimum Gasteiger partial charge on any atom is -0.342 e. The third-order valence-corrected chi connectivity index (χ3v) is 5.63. The summed E-state index contributed by atoms with van der Waals surface area (Å²) < 4.78 is 37.9. The van der Waals surface area contributed by atoms with Gasteiger partial charge in [0, 0.05) is 45.0 Å². The number of rotatable bonds is 5. The van der Waals surface area contributed by atoms with E-state index in [1.165, 1.54) is 12.1 Å². The molecule has 3 rings (SSSR count). The fourth-order valence-corrected chi connectivity index (χ4v) is 3.72. The molecule has 0 radical (unpaired) electrons. The summed E-state index contributed by atoms with van der Waals surface area (Å²) in [7, 11) is 0. The Balaban J connectivity index is 1.45. The predicted octanol–water partition coefficient (Wildman–Crippen LogP) is 2.27. The van der Waals surface area contributed by atoms with Crippen molar-refractivity contribution in [2.24, 2.45) is 0 Å². The topological polar surface area (TPSA) is 55.9 Å². The highest BCUT2D eigenvalue weighted by atomic mass is 19.4. The zero-order valence-corrected chi connectivity index (χ0v) is 16.5. The van der Waals surface area contributed by atoms with Crippen LogP contribution in [0.5, 0.6) is 0 Å². The summed E-state index contributed by atoms with van der Waals surface area (Å²) >= 11 is 0. The van der Waals surface area contributed by atoms with E-state index in [4.69, 9.17) is 0 Å². The third kappa shape index (κ3) is 5.70. The molecule has 9 heteroatoms. The SMILES string of the molecule is C[C@H](C(=O)Nc1ccc(C(F)(F)F)cc1)N1CCN(CC(=O)N2CCCC2)CC1. The number of halogens is 3. The van der Waals surface area contributed by atoms with Crippen LogP contribution in [0.1, 0.15) is 25.3 Å². The fourth-order valence-electron chi connectivity index (χ4n) is 3.72. The van der Waals surface area contributed by atoms with Gasteiger partial charge in [0.25, 0.3) is 0 Å². The van der Waals surface area contributed by atoms with Gasteiger partial charge in [-0.2, -0.15) is 13.2 Å². The van der Waals surface area contributed by atoms with Crippen molar-refractivity contribution in [3.8, 4) is 0 Å². The van der Waals surface area contributed by atoms with E-state index in [-0.39, 0.29) is 11.8 Å². The summed E-state index contributed by atoms with van der Waals surface area (Å²) in [5, 5.41) is 2.68. The molecule has 0 unspecified atom stereocenters. The molecule has 1 atom stereocenters. The molecule has 2 aliphatic rings. The number of benzene rings is 1. The molecule has 2 amide bonds. The Kier molecular flexibility index (Phi) is 6.79. The lowest BCUT2D eigenvalue weighted by Crippen LogP contribution is -2.54. The van der Waals surface area contributed by atoms with E-state index >= 15 is 0 Å². The zero-order valence-electron chi connectivity index (χ0n) is 16.5. The van der Waals surface area contributed by atoms with Gasteiger partial charge in [0.05, 0.1) is 18.2 Å². The second-order valence-electron chi connectivity index (χ2n) is 7.64. The average molecular weight is 412 g/mol. The molecule has 29 heavy (non-hydrogen) atoms.